The Morgan fingerprint density at radius 1 is 1.56 bits per heavy atom. The molecule has 0 unspecified atom stereocenters. The van der Waals surface area contributed by atoms with Crippen molar-refractivity contribution >= 4 is 5.96 Å². The summed E-state index contributed by atoms with van der Waals surface area (Å²) in [7, 11) is 3.73. The van der Waals surface area contributed by atoms with Gasteiger partial charge in [0.15, 0.2) is 0 Å². The van der Waals surface area contributed by atoms with Gasteiger partial charge in [-0.05, 0) is 0 Å². The molecule has 0 aromatic carbocycles. The van der Waals surface area contributed by atoms with Gasteiger partial charge in [0.25, 0.3) is 0 Å². The molecule has 1 aliphatic heterocycles. The van der Waals surface area contributed by atoms with E-state index >= 15 is 0 Å². The van der Waals surface area contributed by atoms with Crippen molar-refractivity contribution in [3.8, 4) is 0 Å². The summed E-state index contributed by atoms with van der Waals surface area (Å²) in [4.78, 5) is 6.02. The molecule has 2 N–H and O–H groups in total. The number of hydrazine groups is 1. The Morgan fingerprint density at radius 3 is 2.44 bits per heavy atom. The first-order valence-electron chi connectivity index (χ1n) is 2.96. The molecule has 0 radical (unpaired) electrons. The number of aliphatic imine (C=N–C) groups is 1. The van der Waals surface area contributed by atoms with Gasteiger partial charge in [0.2, 0.25) is 5.96 Å². The molecule has 0 aromatic heterocycles. The van der Waals surface area contributed by atoms with Crippen LogP contribution in [0.25, 0.3) is 0 Å². The molecule has 4 nitrogen and oxygen atoms in total. The van der Waals surface area contributed by atoms with E-state index in [9.17, 15) is 0 Å². The first kappa shape index (κ1) is 6.35. The van der Waals surface area contributed by atoms with E-state index in [0.29, 0.717) is 0 Å². The van der Waals surface area contributed by atoms with Crippen LogP contribution in [-0.4, -0.2) is 43.1 Å². The van der Waals surface area contributed by atoms with Crippen LogP contribution in [0.4, 0.5) is 0 Å². The molecule has 0 amide bonds. The maximum absolute atomic E-state index is 5.54. The van der Waals surface area contributed by atoms with Gasteiger partial charge in [-0.15, -0.1) is 0 Å². The molecule has 0 bridgehead atoms. The number of nitrogens with zero attached hydrogens (tertiary/aromatic N) is 3. The van der Waals surface area contributed by atoms with Gasteiger partial charge in [0, 0.05) is 20.6 Å². The van der Waals surface area contributed by atoms with Crippen molar-refractivity contribution in [3.63, 3.8) is 0 Å². The smallest absolute Gasteiger partial charge is 0.210 e. The van der Waals surface area contributed by atoms with Crippen molar-refractivity contribution in [1.29, 1.82) is 0 Å². The second-order valence-corrected chi connectivity index (χ2v) is 2.14. The summed E-state index contributed by atoms with van der Waals surface area (Å²) in [6.45, 7) is 1.85. The molecule has 4 heteroatoms. The molecule has 9 heavy (non-hydrogen) atoms. The Labute approximate surface area is 54.9 Å². The normalized spacial score (nSPS) is 24.1. The number of rotatable bonds is 0. The molecule has 1 aliphatic rings. The molecule has 1 heterocycles. The van der Waals surface area contributed by atoms with Crippen LogP contribution in [0.3, 0.4) is 0 Å². The molecular formula is C5H12N4. The summed E-state index contributed by atoms with van der Waals surface area (Å²) in [5.74, 6) is 6.41. The van der Waals surface area contributed by atoms with Gasteiger partial charge >= 0.3 is 0 Å². The highest BCUT2D eigenvalue weighted by molar-refractivity contribution is 5.80. The summed E-state index contributed by atoms with van der Waals surface area (Å²) >= 11 is 0. The lowest BCUT2D eigenvalue weighted by Gasteiger charge is -2.13. The van der Waals surface area contributed by atoms with E-state index in [1.807, 2.05) is 11.9 Å². The quantitative estimate of drug-likeness (QED) is 0.430. The maximum Gasteiger partial charge on any atom is 0.210 e. The van der Waals surface area contributed by atoms with E-state index in [0.717, 1.165) is 19.0 Å². The molecule has 0 aromatic rings. The van der Waals surface area contributed by atoms with Crippen LogP contribution in [0.15, 0.2) is 4.99 Å². The maximum atomic E-state index is 5.54. The van der Waals surface area contributed by atoms with Crippen LogP contribution in [0.2, 0.25) is 0 Å². The Kier molecular flexibility index (Phi) is 1.57. The molecule has 1 fully saturated rings. The van der Waals surface area contributed by atoms with Crippen LogP contribution in [0.1, 0.15) is 0 Å². The SMILES string of the molecule is CN=C1N(C)CCN1N. The standard InChI is InChI=1S/C5H12N4/c1-7-5-8(2)3-4-9(5)6/h3-4,6H2,1-2H3. The lowest BCUT2D eigenvalue weighted by atomic mass is 10.7. The average molecular weight is 128 g/mol. The number of hydrogen-bond acceptors (Lipinski definition) is 2. The Balaban J connectivity index is 2.66. The molecule has 0 spiro atoms. The molecule has 0 saturated carbocycles. The van der Waals surface area contributed by atoms with E-state index in [1.54, 1.807) is 12.1 Å². The molecule has 1 rings (SSSR count). The third-order valence-corrected chi connectivity index (χ3v) is 1.47. The van der Waals surface area contributed by atoms with Crippen LogP contribution in [0.5, 0.6) is 0 Å². The zero-order valence-electron chi connectivity index (χ0n) is 5.83. The van der Waals surface area contributed by atoms with Crippen molar-refractivity contribution in [2.24, 2.45) is 10.8 Å². The molecule has 52 valence electrons. The summed E-state index contributed by atoms with van der Waals surface area (Å²) in [5, 5.41) is 1.65. The van der Waals surface area contributed by atoms with Crippen molar-refractivity contribution in [1.82, 2.24) is 9.91 Å². The topological polar surface area (TPSA) is 44.9 Å². The first-order valence-corrected chi connectivity index (χ1v) is 2.96. The largest absolute Gasteiger partial charge is 0.343 e. The minimum atomic E-state index is 0.870. The monoisotopic (exact) mass is 128 g/mol. The lowest BCUT2D eigenvalue weighted by molar-refractivity contribution is 0.489. The fourth-order valence-electron chi connectivity index (χ4n) is 0.976. The summed E-state index contributed by atoms with van der Waals surface area (Å²) in [6.07, 6.45) is 0. The Morgan fingerprint density at radius 2 is 2.22 bits per heavy atom. The van der Waals surface area contributed by atoms with Crippen molar-refractivity contribution < 1.29 is 0 Å². The number of likely N-dealkylation sites (N-methyl/N-ethyl adjacent to an activating group) is 1. The van der Waals surface area contributed by atoms with E-state index in [2.05, 4.69) is 4.99 Å². The van der Waals surface area contributed by atoms with Crippen LogP contribution < -0.4 is 5.84 Å². The van der Waals surface area contributed by atoms with E-state index in [-0.39, 0.29) is 0 Å². The predicted octanol–water partition coefficient (Wildman–Crippen LogP) is -0.907. The van der Waals surface area contributed by atoms with E-state index in [1.165, 1.54) is 0 Å². The van der Waals surface area contributed by atoms with Gasteiger partial charge in [-0.3, -0.25) is 10.0 Å². The fourth-order valence-corrected chi connectivity index (χ4v) is 0.976. The minimum absolute atomic E-state index is 0.870. The zero-order valence-corrected chi connectivity index (χ0v) is 5.83. The average Bonchev–Trinajstić information content (AvgIpc) is 2.12. The fraction of sp³-hybridized carbons (Fsp3) is 0.800. The highest BCUT2D eigenvalue weighted by Crippen LogP contribution is 1.99. The van der Waals surface area contributed by atoms with Crippen molar-refractivity contribution in [2.75, 3.05) is 27.2 Å². The third kappa shape index (κ3) is 0.977. The van der Waals surface area contributed by atoms with Gasteiger partial charge in [-0.25, -0.2) is 5.84 Å². The van der Waals surface area contributed by atoms with Crippen LogP contribution in [0, 0.1) is 0 Å². The number of nitrogens with two attached hydrogens (primary N) is 1. The van der Waals surface area contributed by atoms with E-state index in [4.69, 9.17) is 5.84 Å². The Bertz CT molecular complexity index is 119. The van der Waals surface area contributed by atoms with E-state index < -0.39 is 0 Å². The van der Waals surface area contributed by atoms with Gasteiger partial charge in [0.1, 0.15) is 0 Å². The Hall–Kier alpha value is -0.770. The lowest BCUT2D eigenvalue weighted by Crippen LogP contribution is -2.36. The molecule has 1 saturated heterocycles. The van der Waals surface area contributed by atoms with Crippen molar-refractivity contribution in [2.45, 2.75) is 0 Å². The molecule has 0 atom stereocenters. The summed E-state index contributed by atoms with van der Waals surface area (Å²) < 4.78 is 0. The van der Waals surface area contributed by atoms with Gasteiger partial charge in [-0.2, -0.15) is 0 Å². The molecule has 0 aliphatic carbocycles. The highest BCUT2D eigenvalue weighted by atomic mass is 15.5. The number of guanidine groups is 1. The minimum Gasteiger partial charge on any atom is -0.343 e. The van der Waals surface area contributed by atoms with Gasteiger partial charge < -0.3 is 4.90 Å². The van der Waals surface area contributed by atoms with Crippen LogP contribution >= 0.6 is 0 Å². The highest BCUT2D eigenvalue weighted by Gasteiger charge is 2.18. The summed E-state index contributed by atoms with van der Waals surface area (Å²) in [5.41, 5.74) is 0. The summed E-state index contributed by atoms with van der Waals surface area (Å²) in [6, 6.07) is 0. The van der Waals surface area contributed by atoms with Crippen LogP contribution in [-0.2, 0) is 0 Å². The zero-order chi connectivity index (χ0) is 6.85. The first-order chi connectivity index (χ1) is 4.25. The second kappa shape index (κ2) is 2.23. The molecular weight excluding hydrogens is 116 g/mol. The third-order valence-electron chi connectivity index (χ3n) is 1.47. The van der Waals surface area contributed by atoms with Crippen molar-refractivity contribution in [3.05, 3.63) is 0 Å². The van der Waals surface area contributed by atoms with Gasteiger partial charge in [-0.1, -0.05) is 0 Å². The number of hydrogen-bond donors (Lipinski definition) is 1. The van der Waals surface area contributed by atoms with Gasteiger partial charge in [0.05, 0.1) is 6.54 Å². The predicted molar refractivity (Wildman–Crippen MR) is 36.9 cm³/mol. The second-order valence-electron chi connectivity index (χ2n) is 2.14.